The van der Waals surface area contributed by atoms with E-state index in [-0.39, 0.29) is 17.9 Å². The standard InChI is InChI=1S/C9H19NO3/c1-5-7(4-10-3)13-9(12)6(2)8(5)11/h5-12H,4H2,1-3H3. The number of likely N-dealkylation sites (N-methyl/N-ethyl adjacent to an activating group) is 1. The highest BCUT2D eigenvalue weighted by atomic mass is 16.6. The van der Waals surface area contributed by atoms with Crippen LogP contribution in [0.4, 0.5) is 0 Å². The average molecular weight is 189 g/mol. The fourth-order valence-corrected chi connectivity index (χ4v) is 1.73. The van der Waals surface area contributed by atoms with Gasteiger partial charge >= 0.3 is 0 Å². The molecule has 5 unspecified atom stereocenters. The minimum Gasteiger partial charge on any atom is -0.392 e. The Hall–Kier alpha value is -0.160. The summed E-state index contributed by atoms with van der Waals surface area (Å²) in [6.45, 7) is 4.39. The Morgan fingerprint density at radius 1 is 1.23 bits per heavy atom. The molecule has 0 saturated carbocycles. The van der Waals surface area contributed by atoms with Gasteiger partial charge in [-0.1, -0.05) is 13.8 Å². The fraction of sp³-hybridized carbons (Fsp3) is 1.00. The molecule has 0 radical (unpaired) electrons. The summed E-state index contributed by atoms with van der Waals surface area (Å²) >= 11 is 0. The zero-order valence-electron chi connectivity index (χ0n) is 8.40. The van der Waals surface area contributed by atoms with Gasteiger partial charge < -0.3 is 20.3 Å². The van der Waals surface area contributed by atoms with Crippen LogP contribution in [-0.2, 0) is 4.74 Å². The van der Waals surface area contributed by atoms with Gasteiger partial charge in [-0.3, -0.25) is 0 Å². The Bertz CT molecular complexity index is 165. The van der Waals surface area contributed by atoms with Crippen LogP contribution >= 0.6 is 0 Å². The third-order valence-electron chi connectivity index (χ3n) is 2.83. The first kappa shape index (κ1) is 10.9. The largest absolute Gasteiger partial charge is 0.392 e. The summed E-state index contributed by atoms with van der Waals surface area (Å²) in [5.74, 6) is -0.144. The highest BCUT2D eigenvalue weighted by Gasteiger charge is 2.39. The fourth-order valence-electron chi connectivity index (χ4n) is 1.73. The first-order valence-electron chi connectivity index (χ1n) is 4.74. The van der Waals surface area contributed by atoms with Crippen molar-refractivity contribution in [3.63, 3.8) is 0 Å². The Labute approximate surface area is 78.9 Å². The summed E-state index contributed by atoms with van der Waals surface area (Å²) in [7, 11) is 1.83. The molecule has 5 atom stereocenters. The van der Waals surface area contributed by atoms with E-state index in [2.05, 4.69) is 5.32 Å². The van der Waals surface area contributed by atoms with Crippen LogP contribution in [0.2, 0.25) is 0 Å². The molecular formula is C9H19NO3. The molecule has 1 saturated heterocycles. The number of rotatable bonds is 2. The Balaban J connectivity index is 2.59. The molecule has 0 aromatic carbocycles. The molecule has 78 valence electrons. The quantitative estimate of drug-likeness (QED) is 0.551. The SMILES string of the molecule is CNCC1OC(O)C(C)C(O)C1C. The van der Waals surface area contributed by atoms with Crippen molar-refractivity contribution in [2.75, 3.05) is 13.6 Å². The smallest absolute Gasteiger partial charge is 0.160 e. The van der Waals surface area contributed by atoms with E-state index in [1.54, 1.807) is 6.92 Å². The predicted molar refractivity (Wildman–Crippen MR) is 49.1 cm³/mol. The lowest BCUT2D eigenvalue weighted by Gasteiger charge is -2.40. The van der Waals surface area contributed by atoms with E-state index >= 15 is 0 Å². The molecule has 0 aromatic rings. The number of nitrogens with one attached hydrogen (secondary N) is 1. The number of hydrogen-bond acceptors (Lipinski definition) is 4. The van der Waals surface area contributed by atoms with Crippen molar-refractivity contribution in [1.82, 2.24) is 5.32 Å². The number of aliphatic hydroxyl groups is 2. The topological polar surface area (TPSA) is 61.7 Å². The van der Waals surface area contributed by atoms with E-state index in [0.717, 1.165) is 0 Å². The Morgan fingerprint density at radius 2 is 1.85 bits per heavy atom. The van der Waals surface area contributed by atoms with Crippen molar-refractivity contribution in [2.45, 2.75) is 32.3 Å². The molecule has 1 fully saturated rings. The summed E-state index contributed by atoms with van der Waals surface area (Å²) in [6, 6.07) is 0. The van der Waals surface area contributed by atoms with Crippen LogP contribution in [0.25, 0.3) is 0 Å². The summed E-state index contributed by atoms with van der Waals surface area (Å²) in [6.07, 6.45) is -1.43. The van der Waals surface area contributed by atoms with Crippen molar-refractivity contribution in [1.29, 1.82) is 0 Å². The van der Waals surface area contributed by atoms with E-state index < -0.39 is 12.4 Å². The molecule has 0 aliphatic carbocycles. The van der Waals surface area contributed by atoms with Crippen LogP contribution in [0.3, 0.4) is 0 Å². The molecule has 0 amide bonds. The summed E-state index contributed by atoms with van der Waals surface area (Å²) in [4.78, 5) is 0. The van der Waals surface area contributed by atoms with Crippen LogP contribution in [0.5, 0.6) is 0 Å². The predicted octanol–water partition coefficient (Wildman–Crippen LogP) is -0.444. The highest BCUT2D eigenvalue weighted by Crippen LogP contribution is 2.28. The Kier molecular flexibility index (Phi) is 3.67. The maximum absolute atomic E-state index is 9.75. The molecule has 0 spiro atoms. The lowest BCUT2D eigenvalue weighted by atomic mass is 9.86. The molecule has 3 N–H and O–H groups in total. The lowest BCUT2D eigenvalue weighted by molar-refractivity contribution is -0.239. The monoisotopic (exact) mass is 189 g/mol. The van der Waals surface area contributed by atoms with E-state index in [1.807, 2.05) is 14.0 Å². The Morgan fingerprint density at radius 3 is 2.38 bits per heavy atom. The first-order chi connectivity index (χ1) is 6.07. The normalized spacial score (nSPS) is 46.4. The molecule has 0 aromatic heterocycles. The van der Waals surface area contributed by atoms with Gasteiger partial charge in [0.25, 0.3) is 0 Å². The van der Waals surface area contributed by atoms with Crippen LogP contribution in [-0.4, -0.2) is 42.3 Å². The van der Waals surface area contributed by atoms with E-state index in [1.165, 1.54) is 0 Å². The third-order valence-corrected chi connectivity index (χ3v) is 2.83. The zero-order chi connectivity index (χ0) is 10.0. The van der Waals surface area contributed by atoms with Gasteiger partial charge in [0.05, 0.1) is 12.2 Å². The molecule has 1 heterocycles. The van der Waals surface area contributed by atoms with Crippen molar-refractivity contribution >= 4 is 0 Å². The molecule has 1 rings (SSSR count). The van der Waals surface area contributed by atoms with E-state index in [9.17, 15) is 10.2 Å². The maximum atomic E-state index is 9.75. The van der Waals surface area contributed by atoms with Gasteiger partial charge in [0, 0.05) is 18.4 Å². The lowest BCUT2D eigenvalue weighted by Crippen LogP contribution is -2.51. The van der Waals surface area contributed by atoms with Gasteiger partial charge in [-0.25, -0.2) is 0 Å². The van der Waals surface area contributed by atoms with Crippen LogP contribution in [0.1, 0.15) is 13.8 Å². The summed E-state index contributed by atoms with van der Waals surface area (Å²) in [5, 5.41) is 22.2. The molecule has 13 heavy (non-hydrogen) atoms. The first-order valence-corrected chi connectivity index (χ1v) is 4.74. The minimum atomic E-state index is -0.843. The van der Waals surface area contributed by atoms with Crippen LogP contribution in [0.15, 0.2) is 0 Å². The highest BCUT2D eigenvalue weighted by molar-refractivity contribution is 4.84. The molecule has 4 heteroatoms. The van der Waals surface area contributed by atoms with Gasteiger partial charge in [-0.2, -0.15) is 0 Å². The van der Waals surface area contributed by atoms with Gasteiger partial charge in [0.1, 0.15) is 0 Å². The van der Waals surface area contributed by atoms with Crippen LogP contribution in [0, 0.1) is 11.8 Å². The molecule has 1 aliphatic heterocycles. The average Bonchev–Trinajstić information content (AvgIpc) is 2.11. The van der Waals surface area contributed by atoms with Gasteiger partial charge in [0.15, 0.2) is 6.29 Å². The van der Waals surface area contributed by atoms with E-state index in [0.29, 0.717) is 6.54 Å². The second kappa shape index (κ2) is 4.37. The number of ether oxygens (including phenoxy) is 1. The minimum absolute atomic E-state index is 0.0610. The van der Waals surface area contributed by atoms with Crippen molar-refractivity contribution in [3.8, 4) is 0 Å². The molecular weight excluding hydrogens is 170 g/mol. The number of aliphatic hydroxyl groups excluding tert-OH is 2. The van der Waals surface area contributed by atoms with Gasteiger partial charge in [-0.15, -0.1) is 0 Å². The van der Waals surface area contributed by atoms with Crippen molar-refractivity contribution < 1.29 is 14.9 Å². The van der Waals surface area contributed by atoms with Crippen molar-refractivity contribution in [2.24, 2.45) is 11.8 Å². The maximum Gasteiger partial charge on any atom is 0.160 e. The number of hydrogen-bond donors (Lipinski definition) is 3. The molecule has 4 nitrogen and oxygen atoms in total. The zero-order valence-corrected chi connectivity index (χ0v) is 8.40. The second-order valence-corrected chi connectivity index (χ2v) is 3.83. The second-order valence-electron chi connectivity index (χ2n) is 3.83. The van der Waals surface area contributed by atoms with Gasteiger partial charge in [0.2, 0.25) is 0 Å². The molecule has 0 bridgehead atoms. The molecule has 1 aliphatic rings. The third kappa shape index (κ3) is 2.20. The summed E-state index contributed by atoms with van der Waals surface area (Å²) < 4.78 is 5.35. The van der Waals surface area contributed by atoms with Gasteiger partial charge in [-0.05, 0) is 7.05 Å². The van der Waals surface area contributed by atoms with Crippen LogP contribution < -0.4 is 5.32 Å². The summed E-state index contributed by atoms with van der Waals surface area (Å²) in [5.41, 5.74) is 0. The van der Waals surface area contributed by atoms with Crippen molar-refractivity contribution in [3.05, 3.63) is 0 Å². The van der Waals surface area contributed by atoms with E-state index in [4.69, 9.17) is 4.74 Å².